The van der Waals surface area contributed by atoms with Gasteiger partial charge in [0.25, 0.3) is 5.56 Å². The lowest BCUT2D eigenvalue weighted by atomic mass is 9.89. The molecule has 4 aromatic rings. The molecule has 158 valence electrons. The summed E-state index contributed by atoms with van der Waals surface area (Å²) in [5, 5.41) is 0.105. The van der Waals surface area contributed by atoms with Crippen molar-refractivity contribution in [2.45, 2.75) is 17.2 Å². The van der Waals surface area contributed by atoms with Gasteiger partial charge < -0.3 is 4.98 Å². The van der Waals surface area contributed by atoms with Crippen LogP contribution >= 0.6 is 0 Å². The predicted molar refractivity (Wildman–Crippen MR) is 120 cm³/mol. The molecule has 0 saturated carbocycles. The number of rotatable bonds is 7. The molecule has 3 N–H and O–H groups in total. The Bertz CT molecular complexity index is 1370. The number of H-pyrrole nitrogens is 2. The van der Waals surface area contributed by atoms with E-state index in [1.807, 2.05) is 60.7 Å². The van der Waals surface area contributed by atoms with Crippen molar-refractivity contribution in [3.8, 4) is 0 Å². The number of nitrogens with one attached hydrogen (secondary N) is 3. The number of benzene rings is 3. The first-order valence-corrected chi connectivity index (χ1v) is 11.3. The molecule has 0 aliphatic carbocycles. The fraction of sp³-hybridized carbons (Fsp3) is 0.130. The van der Waals surface area contributed by atoms with Gasteiger partial charge in [0.05, 0.1) is 15.8 Å². The van der Waals surface area contributed by atoms with Gasteiger partial charge in [-0.1, -0.05) is 60.7 Å². The first-order chi connectivity index (χ1) is 14.9. The first-order valence-electron chi connectivity index (χ1n) is 9.80. The van der Waals surface area contributed by atoms with Crippen LogP contribution in [0.15, 0.2) is 93.3 Å². The van der Waals surface area contributed by atoms with E-state index < -0.39 is 21.3 Å². The van der Waals surface area contributed by atoms with Gasteiger partial charge in [-0.3, -0.25) is 9.78 Å². The maximum atomic E-state index is 12.8. The van der Waals surface area contributed by atoms with Crippen LogP contribution in [0.5, 0.6) is 0 Å². The molecule has 0 saturated heterocycles. The molecule has 0 unspecified atom stereocenters. The number of hydrogen-bond acceptors (Lipinski definition) is 4. The molecule has 31 heavy (non-hydrogen) atoms. The Morgan fingerprint density at radius 1 is 0.806 bits per heavy atom. The molecular weight excluding hydrogens is 414 g/mol. The van der Waals surface area contributed by atoms with Crippen LogP contribution in [0.1, 0.15) is 23.5 Å². The topological polar surface area (TPSA) is 112 Å². The lowest BCUT2D eigenvalue weighted by molar-refractivity contribution is 0.575. The van der Waals surface area contributed by atoms with Gasteiger partial charge in [-0.05, 0) is 35.7 Å². The third-order valence-electron chi connectivity index (χ3n) is 5.15. The van der Waals surface area contributed by atoms with Crippen LogP contribution in [0.4, 0.5) is 0 Å². The number of sulfonamides is 1. The van der Waals surface area contributed by atoms with Gasteiger partial charge in [-0.15, -0.1) is 0 Å². The van der Waals surface area contributed by atoms with E-state index in [2.05, 4.69) is 14.7 Å². The van der Waals surface area contributed by atoms with Crippen molar-refractivity contribution in [3.05, 3.63) is 111 Å². The van der Waals surface area contributed by atoms with E-state index in [0.717, 1.165) is 11.1 Å². The quantitative estimate of drug-likeness (QED) is 0.414. The highest BCUT2D eigenvalue weighted by Crippen LogP contribution is 2.27. The van der Waals surface area contributed by atoms with E-state index in [9.17, 15) is 18.0 Å². The van der Waals surface area contributed by atoms with Crippen LogP contribution in [-0.2, 0) is 10.0 Å². The van der Waals surface area contributed by atoms with E-state index in [1.54, 1.807) is 0 Å². The maximum absolute atomic E-state index is 12.8. The lowest BCUT2D eigenvalue weighted by Crippen LogP contribution is -2.27. The Morgan fingerprint density at radius 2 is 1.42 bits per heavy atom. The summed E-state index contributed by atoms with van der Waals surface area (Å²) in [6.07, 6.45) is 0.564. The van der Waals surface area contributed by atoms with Gasteiger partial charge in [0.15, 0.2) is 0 Å². The highest BCUT2D eigenvalue weighted by molar-refractivity contribution is 7.89. The minimum atomic E-state index is -3.83. The molecule has 0 spiro atoms. The summed E-state index contributed by atoms with van der Waals surface area (Å²) in [6.45, 7) is 0.219. The van der Waals surface area contributed by atoms with Crippen LogP contribution in [0.25, 0.3) is 10.9 Å². The van der Waals surface area contributed by atoms with E-state index >= 15 is 0 Å². The molecule has 4 rings (SSSR count). The highest BCUT2D eigenvalue weighted by Gasteiger charge is 2.18. The van der Waals surface area contributed by atoms with Crippen molar-refractivity contribution < 1.29 is 8.42 Å². The third-order valence-corrected chi connectivity index (χ3v) is 6.61. The minimum absolute atomic E-state index is 0.0338. The number of aromatic amines is 2. The Kier molecular flexibility index (Phi) is 5.83. The van der Waals surface area contributed by atoms with Gasteiger partial charge in [0.1, 0.15) is 0 Å². The Labute approximate surface area is 178 Å². The van der Waals surface area contributed by atoms with Crippen LogP contribution in [-0.4, -0.2) is 24.9 Å². The summed E-state index contributed by atoms with van der Waals surface area (Å²) in [5.74, 6) is 0.0367. The first kappa shape index (κ1) is 20.8. The lowest BCUT2D eigenvalue weighted by Gasteiger charge is -2.18. The molecule has 0 bridgehead atoms. The molecular formula is C23H21N3O4S. The van der Waals surface area contributed by atoms with Crippen molar-refractivity contribution in [1.29, 1.82) is 0 Å². The molecule has 0 radical (unpaired) electrons. The summed E-state index contributed by atoms with van der Waals surface area (Å²) in [5.41, 5.74) is 1.22. The number of fused-ring (bicyclic) bond motifs is 1. The van der Waals surface area contributed by atoms with Crippen molar-refractivity contribution >= 4 is 20.9 Å². The van der Waals surface area contributed by atoms with Crippen LogP contribution in [0.2, 0.25) is 0 Å². The molecule has 7 nitrogen and oxygen atoms in total. The number of hydrogen-bond donors (Lipinski definition) is 3. The fourth-order valence-electron chi connectivity index (χ4n) is 3.63. The summed E-state index contributed by atoms with van der Waals surface area (Å²) in [7, 11) is -3.83. The highest BCUT2D eigenvalue weighted by atomic mass is 32.2. The Hall–Kier alpha value is -3.49. The maximum Gasteiger partial charge on any atom is 0.326 e. The largest absolute Gasteiger partial charge is 0.326 e. The van der Waals surface area contributed by atoms with E-state index in [4.69, 9.17) is 0 Å². The third kappa shape index (κ3) is 4.65. The van der Waals surface area contributed by atoms with Gasteiger partial charge in [-0.2, -0.15) is 0 Å². The predicted octanol–water partition coefficient (Wildman–Crippen LogP) is 2.72. The Morgan fingerprint density at radius 3 is 2.03 bits per heavy atom. The van der Waals surface area contributed by atoms with Gasteiger partial charge in [0.2, 0.25) is 10.0 Å². The zero-order chi connectivity index (χ0) is 21.8. The molecule has 1 heterocycles. The molecule has 0 aliphatic heterocycles. The summed E-state index contributed by atoms with van der Waals surface area (Å²) in [4.78, 5) is 27.9. The molecule has 0 fully saturated rings. The molecule has 1 aromatic heterocycles. The molecule has 8 heteroatoms. The smallest absolute Gasteiger partial charge is 0.307 e. The van der Waals surface area contributed by atoms with Gasteiger partial charge >= 0.3 is 5.69 Å². The second kappa shape index (κ2) is 8.71. The second-order valence-electron chi connectivity index (χ2n) is 7.18. The van der Waals surface area contributed by atoms with E-state index in [0.29, 0.717) is 6.42 Å². The standard InChI is InChI=1S/C23H21N3O4S/c27-22-20-15-18(11-12-21(20)25-23(28)26-22)31(29,30)24-14-13-19(16-7-3-1-4-8-16)17-9-5-2-6-10-17/h1-12,15,19,24H,13-14H2,(H2,25,26,27,28). The van der Waals surface area contributed by atoms with Crippen molar-refractivity contribution in [1.82, 2.24) is 14.7 Å². The van der Waals surface area contributed by atoms with Crippen LogP contribution < -0.4 is 16.0 Å². The molecule has 0 atom stereocenters. The molecule has 0 amide bonds. The summed E-state index contributed by atoms with van der Waals surface area (Å²) < 4.78 is 28.3. The van der Waals surface area contributed by atoms with Crippen molar-refractivity contribution in [2.24, 2.45) is 0 Å². The molecule has 0 aliphatic rings. The summed E-state index contributed by atoms with van der Waals surface area (Å²) >= 11 is 0. The zero-order valence-corrected chi connectivity index (χ0v) is 17.4. The van der Waals surface area contributed by atoms with Gasteiger partial charge in [-0.25, -0.2) is 17.9 Å². The monoisotopic (exact) mass is 435 g/mol. The average Bonchev–Trinajstić information content (AvgIpc) is 2.77. The number of aromatic nitrogens is 2. The normalized spacial score (nSPS) is 11.8. The van der Waals surface area contributed by atoms with E-state index in [1.165, 1.54) is 18.2 Å². The molecule has 3 aromatic carbocycles. The van der Waals surface area contributed by atoms with Crippen molar-refractivity contribution in [2.75, 3.05) is 6.54 Å². The fourth-order valence-corrected chi connectivity index (χ4v) is 4.70. The second-order valence-corrected chi connectivity index (χ2v) is 8.94. The van der Waals surface area contributed by atoms with Crippen molar-refractivity contribution in [3.63, 3.8) is 0 Å². The minimum Gasteiger partial charge on any atom is -0.307 e. The van der Waals surface area contributed by atoms with Crippen LogP contribution in [0, 0.1) is 0 Å². The Balaban J connectivity index is 1.55. The zero-order valence-electron chi connectivity index (χ0n) is 16.5. The van der Waals surface area contributed by atoms with Crippen LogP contribution in [0.3, 0.4) is 0 Å². The van der Waals surface area contributed by atoms with E-state index in [-0.39, 0.29) is 28.3 Å². The average molecular weight is 436 g/mol. The summed E-state index contributed by atoms with van der Waals surface area (Å²) in [6, 6.07) is 23.9. The van der Waals surface area contributed by atoms with Gasteiger partial charge in [0, 0.05) is 12.5 Å². The SMILES string of the molecule is O=c1[nH]c(=O)c2cc(S(=O)(=O)NCCC(c3ccccc3)c3ccccc3)ccc2[nH]1.